The van der Waals surface area contributed by atoms with Gasteiger partial charge in [0.2, 0.25) is 0 Å². The zero-order chi connectivity index (χ0) is 9.26. The van der Waals surface area contributed by atoms with Crippen LogP contribution >= 0.6 is 11.3 Å². The van der Waals surface area contributed by atoms with Gasteiger partial charge in [0.15, 0.2) is 0 Å². The first-order chi connectivity index (χ1) is 6.25. The lowest BCUT2D eigenvalue weighted by atomic mass is 10.2. The predicted octanol–water partition coefficient (Wildman–Crippen LogP) is 2.07. The summed E-state index contributed by atoms with van der Waals surface area (Å²) < 4.78 is 4.84. The second-order valence-corrected chi connectivity index (χ2v) is 3.51. The Morgan fingerprint density at radius 1 is 1.46 bits per heavy atom. The maximum Gasteiger partial charge on any atom is 0.336 e. The third kappa shape index (κ3) is 1.67. The molecular formula is C9H7NO2S. The van der Waals surface area contributed by atoms with E-state index in [2.05, 4.69) is 4.98 Å². The summed E-state index contributed by atoms with van der Waals surface area (Å²) in [5.74, 6) is 0.609. The molecule has 0 aliphatic carbocycles. The molecule has 0 bridgehead atoms. The van der Waals surface area contributed by atoms with Crippen LogP contribution in [0.3, 0.4) is 0 Å². The average Bonchev–Trinajstić information content (AvgIpc) is 2.53. The molecule has 0 unspecified atom stereocenters. The van der Waals surface area contributed by atoms with Crippen molar-refractivity contribution in [2.75, 3.05) is 0 Å². The number of nitrogens with zero attached hydrogens (tertiary/aromatic N) is 1. The SMILES string of the molecule is Cc1cc(-c2nccs2)cc(=O)o1. The molecule has 66 valence electrons. The summed E-state index contributed by atoms with van der Waals surface area (Å²) in [6.45, 7) is 1.75. The molecule has 0 N–H and O–H groups in total. The largest absolute Gasteiger partial charge is 0.428 e. The summed E-state index contributed by atoms with van der Waals surface area (Å²) in [5, 5.41) is 2.72. The fraction of sp³-hybridized carbons (Fsp3) is 0.111. The van der Waals surface area contributed by atoms with Gasteiger partial charge in [0.1, 0.15) is 10.8 Å². The van der Waals surface area contributed by atoms with E-state index >= 15 is 0 Å². The number of hydrogen-bond donors (Lipinski definition) is 0. The van der Waals surface area contributed by atoms with Gasteiger partial charge in [0, 0.05) is 23.2 Å². The highest BCUT2D eigenvalue weighted by Crippen LogP contribution is 2.20. The van der Waals surface area contributed by atoms with Crippen molar-refractivity contribution in [3.63, 3.8) is 0 Å². The summed E-state index contributed by atoms with van der Waals surface area (Å²) >= 11 is 1.50. The summed E-state index contributed by atoms with van der Waals surface area (Å²) in [6.07, 6.45) is 1.71. The van der Waals surface area contributed by atoms with Gasteiger partial charge in [0.25, 0.3) is 0 Å². The van der Waals surface area contributed by atoms with E-state index in [1.165, 1.54) is 17.4 Å². The standard InChI is InChI=1S/C9H7NO2S/c1-6-4-7(5-8(11)12-6)9-10-2-3-13-9/h2-5H,1H3. The van der Waals surface area contributed by atoms with Crippen LogP contribution in [0.4, 0.5) is 0 Å². The second kappa shape index (κ2) is 3.14. The van der Waals surface area contributed by atoms with Gasteiger partial charge in [-0.05, 0) is 13.0 Å². The number of hydrogen-bond acceptors (Lipinski definition) is 4. The molecule has 0 saturated carbocycles. The molecule has 2 heterocycles. The van der Waals surface area contributed by atoms with Crippen LogP contribution < -0.4 is 5.63 Å². The van der Waals surface area contributed by atoms with Gasteiger partial charge >= 0.3 is 5.63 Å². The van der Waals surface area contributed by atoms with Crippen molar-refractivity contribution in [1.29, 1.82) is 0 Å². The van der Waals surface area contributed by atoms with Crippen LogP contribution in [0.15, 0.2) is 32.9 Å². The predicted molar refractivity (Wildman–Crippen MR) is 50.8 cm³/mol. The van der Waals surface area contributed by atoms with Gasteiger partial charge < -0.3 is 4.42 Å². The van der Waals surface area contributed by atoms with E-state index in [0.717, 1.165) is 10.6 Å². The maximum absolute atomic E-state index is 11.0. The fourth-order valence-electron chi connectivity index (χ4n) is 1.09. The van der Waals surface area contributed by atoms with E-state index in [1.807, 2.05) is 5.38 Å². The molecule has 13 heavy (non-hydrogen) atoms. The third-order valence-electron chi connectivity index (χ3n) is 1.57. The van der Waals surface area contributed by atoms with Crippen molar-refractivity contribution in [2.24, 2.45) is 0 Å². The quantitative estimate of drug-likeness (QED) is 0.696. The van der Waals surface area contributed by atoms with Crippen molar-refractivity contribution in [3.8, 4) is 10.6 Å². The molecule has 4 heteroatoms. The number of rotatable bonds is 1. The van der Waals surface area contributed by atoms with Gasteiger partial charge in [-0.15, -0.1) is 11.3 Å². The van der Waals surface area contributed by atoms with Crippen LogP contribution in [-0.4, -0.2) is 4.98 Å². The molecule has 2 aromatic rings. The first-order valence-electron chi connectivity index (χ1n) is 3.77. The molecule has 0 atom stereocenters. The molecule has 0 radical (unpaired) electrons. The molecule has 0 amide bonds. The van der Waals surface area contributed by atoms with E-state index in [1.54, 1.807) is 19.2 Å². The topological polar surface area (TPSA) is 43.1 Å². The van der Waals surface area contributed by atoms with E-state index in [0.29, 0.717) is 5.76 Å². The Balaban J connectivity index is 2.59. The zero-order valence-corrected chi connectivity index (χ0v) is 7.80. The molecular weight excluding hydrogens is 186 g/mol. The minimum atomic E-state index is -0.329. The maximum atomic E-state index is 11.0. The summed E-state index contributed by atoms with van der Waals surface area (Å²) in [5.41, 5.74) is 0.494. The highest BCUT2D eigenvalue weighted by Gasteiger charge is 2.02. The van der Waals surface area contributed by atoms with Crippen molar-refractivity contribution < 1.29 is 4.42 Å². The molecule has 0 aromatic carbocycles. The highest BCUT2D eigenvalue weighted by molar-refractivity contribution is 7.13. The van der Waals surface area contributed by atoms with Gasteiger partial charge in [0.05, 0.1) is 0 Å². The van der Waals surface area contributed by atoms with E-state index in [9.17, 15) is 4.79 Å². The van der Waals surface area contributed by atoms with Gasteiger partial charge in [-0.25, -0.2) is 9.78 Å². The van der Waals surface area contributed by atoms with E-state index in [-0.39, 0.29) is 5.63 Å². The minimum Gasteiger partial charge on any atom is -0.428 e. The van der Waals surface area contributed by atoms with Gasteiger partial charge in [-0.1, -0.05) is 0 Å². The summed E-state index contributed by atoms with van der Waals surface area (Å²) in [6, 6.07) is 3.26. The average molecular weight is 193 g/mol. The smallest absolute Gasteiger partial charge is 0.336 e. The Bertz CT molecular complexity index is 459. The lowest BCUT2D eigenvalue weighted by Crippen LogP contribution is -1.97. The first kappa shape index (κ1) is 8.19. The van der Waals surface area contributed by atoms with Crippen LogP contribution in [0.5, 0.6) is 0 Å². The molecule has 2 rings (SSSR count). The van der Waals surface area contributed by atoms with Crippen LogP contribution in [0.25, 0.3) is 10.6 Å². The Hall–Kier alpha value is -1.42. The lowest BCUT2D eigenvalue weighted by molar-refractivity contribution is 0.481. The van der Waals surface area contributed by atoms with E-state index < -0.39 is 0 Å². The molecule has 2 aromatic heterocycles. The number of aromatic nitrogens is 1. The Kier molecular flexibility index (Phi) is 1.98. The lowest BCUT2D eigenvalue weighted by Gasteiger charge is -1.95. The molecule has 0 spiro atoms. The van der Waals surface area contributed by atoms with Gasteiger partial charge in [-0.3, -0.25) is 0 Å². The monoisotopic (exact) mass is 193 g/mol. The number of aryl methyl sites for hydroxylation is 1. The van der Waals surface area contributed by atoms with Crippen LogP contribution in [-0.2, 0) is 0 Å². The number of thiazole rings is 1. The van der Waals surface area contributed by atoms with Crippen LogP contribution in [0, 0.1) is 6.92 Å². The zero-order valence-electron chi connectivity index (χ0n) is 6.98. The van der Waals surface area contributed by atoms with E-state index in [4.69, 9.17) is 4.42 Å². The van der Waals surface area contributed by atoms with Gasteiger partial charge in [-0.2, -0.15) is 0 Å². The molecule has 0 saturated heterocycles. The Labute approximate surface area is 78.7 Å². The van der Waals surface area contributed by atoms with Crippen LogP contribution in [0.2, 0.25) is 0 Å². The highest BCUT2D eigenvalue weighted by atomic mass is 32.1. The van der Waals surface area contributed by atoms with Crippen molar-refractivity contribution >= 4 is 11.3 Å². The third-order valence-corrected chi connectivity index (χ3v) is 2.40. The van der Waals surface area contributed by atoms with Crippen LogP contribution in [0.1, 0.15) is 5.76 Å². The van der Waals surface area contributed by atoms with Crippen molar-refractivity contribution in [3.05, 3.63) is 39.9 Å². The van der Waals surface area contributed by atoms with Crippen molar-refractivity contribution in [1.82, 2.24) is 4.98 Å². The first-order valence-corrected chi connectivity index (χ1v) is 4.65. The summed E-state index contributed by atoms with van der Waals surface area (Å²) in [7, 11) is 0. The fourth-order valence-corrected chi connectivity index (χ4v) is 1.72. The molecule has 3 nitrogen and oxygen atoms in total. The normalized spacial score (nSPS) is 10.2. The Morgan fingerprint density at radius 2 is 2.31 bits per heavy atom. The molecule has 0 aliphatic heterocycles. The minimum absolute atomic E-state index is 0.329. The Morgan fingerprint density at radius 3 is 2.92 bits per heavy atom. The van der Waals surface area contributed by atoms with Crippen molar-refractivity contribution in [2.45, 2.75) is 6.92 Å². The second-order valence-electron chi connectivity index (χ2n) is 2.61. The molecule has 0 aliphatic rings. The summed E-state index contributed by atoms with van der Waals surface area (Å²) in [4.78, 5) is 15.1. The molecule has 0 fully saturated rings.